The zero-order valence-corrected chi connectivity index (χ0v) is 10.2. The molecule has 0 spiro atoms. The number of hydrogen-bond acceptors (Lipinski definition) is 6. The molecule has 0 radical (unpaired) electrons. The number of rotatable bonds is 4. The first kappa shape index (κ1) is 11.8. The molecule has 0 saturated carbocycles. The van der Waals surface area contributed by atoms with Crippen LogP contribution in [0.25, 0.3) is 0 Å². The van der Waals surface area contributed by atoms with Gasteiger partial charge in [0.2, 0.25) is 5.91 Å². The fraction of sp³-hybridized carbons (Fsp3) is 0.400. The summed E-state index contributed by atoms with van der Waals surface area (Å²) in [6.45, 7) is 2.94. The monoisotopic (exact) mass is 252 g/mol. The van der Waals surface area contributed by atoms with Crippen LogP contribution < -0.4 is 5.32 Å². The fourth-order valence-electron chi connectivity index (χ4n) is 1.40. The SMILES string of the molecule is CCNc1cnc(CN2C(=O)CSC2=O)cn1. The van der Waals surface area contributed by atoms with E-state index >= 15 is 0 Å². The van der Waals surface area contributed by atoms with Crippen molar-refractivity contribution in [3.63, 3.8) is 0 Å². The molecule has 1 aromatic rings. The van der Waals surface area contributed by atoms with Gasteiger partial charge in [0.15, 0.2) is 0 Å². The molecular weight excluding hydrogens is 240 g/mol. The van der Waals surface area contributed by atoms with E-state index in [9.17, 15) is 9.59 Å². The molecule has 0 aliphatic carbocycles. The summed E-state index contributed by atoms with van der Waals surface area (Å²) in [5.41, 5.74) is 0.607. The first-order valence-electron chi connectivity index (χ1n) is 5.22. The molecule has 1 saturated heterocycles. The lowest BCUT2D eigenvalue weighted by Crippen LogP contribution is -2.28. The Hall–Kier alpha value is -1.63. The molecule has 1 fully saturated rings. The van der Waals surface area contributed by atoms with Crippen LogP contribution in [0.5, 0.6) is 0 Å². The third kappa shape index (κ3) is 2.73. The standard InChI is InChI=1S/C10H12N4O2S/c1-2-11-8-4-12-7(3-13-8)5-14-9(15)6-17-10(14)16/h3-4H,2,5-6H2,1H3,(H,11,13). The number of anilines is 1. The summed E-state index contributed by atoms with van der Waals surface area (Å²) in [6, 6.07) is 0. The first-order valence-corrected chi connectivity index (χ1v) is 6.21. The third-order valence-corrected chi connectivity index (χ3v) is 3.08. The van der Waals surface area contributed by atoms with Crippen molar-refractivity contribution >= 4 is 28.7 Å². The number of nitrogens with zero attached hydrogens (tertiary/aromatic N) is 3. The molecule has 1 N–H and O–H groups in total. The maximum absolute atomic E-state index is 11.4. The second-order valence-electron chi connectivity index (χ2n) is 3.46. The van der Waals surface area contributed by atoms with Crippen molar-refractivity contribution in [2.24, 2.45) is 0 Å². The van der Waals surface area contributed by atoms with Crippen LogP contribution in [0.1, 0.15) is 12.6 Å². The Morgan fingerprint density at radius 3 is 2.76 bits per heavy atom. The summed E-state index contributed by atoms with van der Waals surface area (Å²) >= 11 is 1.02. The fourth-order valence-corrected chi connectivity index (χ4v) is 2.13. The summed E-state index contributed by atoms with van der Waals surface area (Å²) in [5, 5.41) is 2.81. The van der Waals surface area contributed by atoms with Crippen molar-refractivity contribution in [1.29, 1.82) is 0 Å². The van der Waals surface area contributed by atoms with E-state index in [1.807, 2.05) is 6.92 Å². The predicted octanol–water partition coefficient (Wildman–Crippen LogP) is 1.10. The van der Waals surface area contributed by atoms with Crippen LogP contribution in [0.2, 0.25) is 0 Å². The highest BCUT2D eigenvalue weighted by Crippen LogP contribution is 2.20. The lowest BCUT2D eigenvalue weighted by molar-refractivity contribution is -0.125. The van der Waals surface area contributed by atoms with E-state index in [0.717, 1.165) is 18.3 Å². The van der Waals surface area contributed by atoms with Gasteiger partial charge in [0.1, 0.15) is 5.82 Å². The number of aromatic nitrogens is 2. The Morgan fingerprint density at radius 1 is 1.41 bits per heavy atom. The van der Waals surface area contributed by atoms with Gasteiger partial charge >= 0.3 is 0 Å². The highest BCUT2D eigenvalue weighted by Gasteiger charge is 2.30. The molecule has 17 heavy (non-hydrogen) atoms. The van der Waals surface area contributed by atoms with E-state index < -0.39 is 0 Å². The van der Waals surface area contributed by atoms with Crippen LogP contribution in [0.15, 0.2) is 12.4 Å². The molecule has 0 aromatic carbocycles. The number of amides is 2. The molecule has 6 nitrogen and oxygen atoms in total. The molecule has 0 unspecified atom stereocenters. The Balaban J connectivity index is 2.03. The smallest absolute Gasteiger partial charge is 0.289 e. The van der Waals surface area contributed by atoms with Crippen molar-refractivity contribution in [1.82, 2.24) is 14.9 Å². The van der Waals surface area contributed by atoms with E-state index in [4.69, 9.17) is 0 Å². The maximum Gasteiger partial charge on any atom is 0.289 e. The van der Waals surface area contributed by atoms with Crippen molar-refractivity contribution in [3.05, 3.63) is 18.1 Å². The summed E-state index contributed by atoms with van der Waals surface area (Å²) in [4.78, 5) is 32.2. The maximum atomic E-state index is 11.4. The number of thioether (sulfide) groups is 1. The summed E-state index contributed by atoms with van der Waals surface area (Å²) in [6.07, 6.45) is 3.17. The molecule has 7 heteroatoms. The van der Waals surface area contributed by atoms with Gasteiger partial charge < -0.3 is 5.32 Å². The topological polar surface area (TPSA) is 75.2 Å². The van der Waals surface area contributed by atoms with Crippen LogP contribution in [0, 0.1) is 0 Å². The average molecular weight is 252 g/mol. The van der Waals surface area contributed by atoms with Crippen LogP contribution in [0.4, 0.5) is 10.6 Å². The summed E-state index contributed by atoms with van der Waals surface area (Å²) < 4.78 is 0. The van der Waals surface area contributed by atoms with Gasteiger partial charge in [-0.05, 0) is 6.92 Å². The van der Waals surface area contributed by atoms with Crippen molar-refractivity contribution in [2.75, 3.05) is 17.6 Å². The van der Waals surface area contributed by atoms with E-state index in [-0.39, 0.29) is 23.4 Å². The molecule has 0 atom stereocenters. The van der Waals surface area contributed by atoms with Gasteiger partial charge in [0.05, 0.1) is 30.4 Å². The van der Waals surface area contributed by atoms with E-state index in [1.54, 1.807) is 12.4 Å². The number of carbonyl (C=O) groups is 2. The zero-order valence-electron chi connectivity index (χ0n) is 9.34. The molecular formula is C10H12N4O2S. The van der Waals surface area contributed by atoms with Gasteiger partial charge in [-0.3, -0.25) is 19.5 Å². The Labute approximate surface area is 103 Å². The number of imide groups is 1. The number of hydrogen-bond donors (Lipinski definition) is 1. The normalized spacial score (nSPS) is 15.5. The van der Waals surface area contributed by atoms with Gasteiger partial charge in [-0.15, -0.1) is 0 Å². The quantitative estimate of drug-likeness (QED) is 0.865. The van der Waals surface area contributed by atoms with Crippen LogP contribution in [-0.4, -0.2) is 38.3 Å². The lowest BCUT2D eigenvalue weighted by Gasteiger charge is -2.11. The van der Waals surface area contributed by atoms with E-state index in [1.165, 1.54) is 4.90 Å². The van der Waals surface area contributed by atoms with Gasteiger partial charge in [0, 0.05) is 6.54 Å². The van der Waals surface area contributed by atoms with Gasteiger partial charge in [-0.2, -0.15) is 0 Å². The first-order chi connectivity index (χ1) is 8.20. The molecule has 90 valence electrons. The van der Waals surface area contributed by atoms with Crippen molar-refractivity contribution in [3.8, 4) is 0 Å². The number of carbonyl (C=O) groups excluding carboxylic acids is 2. The average Bonchev–Trinajstić information content (AvgIpc) is 2.64. The third-order valence-electron chi connectivity index (χ3n) is 2.22. The number of nitrogens with one attached hydrogen (secondary N) is 1. The largest absolute Gasteiger partial charge is 0.369 e. The van der Waals surface area contributed by atoms with Gasteiger partial charge in [-0.1, -0.05) is 11.8 Å². The molecule has 2 heterocycles. The predicted molar refractivity (Wildman–Crippen MR) is 64.6 cm³/mol. The minimum Gasteiger partial charge on any atom is -0.369 e. The molecule has 1 aliphatic heterocycles. The second-order valence-corrected chi connectivity index (χ2v) is 4.38. The minimum absolute atomic E-state index is 0.169. The highest BCUT2D eigenvalue weighted by molar-refractivity contribution is 8.14. The van der Waals surface area contributed by atoms with Gasteiger partial charge in [-0.25, -0.2) is 4.98 Å². The molecule has 0 bridgehead atoms. The zero-order chi connectivity index (χ0) is 12.3. The van der Waals surface area contributed by atoms with Crippen LogP contribution in [-0.2, 0) is 11.3 Å². The molecule has 1 aliphatic rings. The molecule has 1 aromatic heterocycles. The van der Waals surface area contributed by atoms with E-state index in [0.29, 0.717) is 11.5 Å². The van der Waals surface area contributed by atoms with Crippen molar-refractivity contribution < 1.29 is 9.59 Å². The summed E-state index contributed by atoms with van der Waals surface area (Å²) in [5.74, 6) is 0.740. The molecule has 2 amide bonds. The van der Waals surface area contributed by atoms with E-state index in [2.05, 4.69) is 15.3 Å². The Morgan fingerprint density at radius 2 is 2.24 bits per heavy atom. The van der Waals surface area contributed by atoms with Crippen LogP contribution in [0.3, 0.4) is 0 Å². The summed E-state index contributed by atoms with van der Waals surface area (Å²) in [7, 11) is 0. The highest BCUT2D eigenvalue weighted by atomic mass is 32.2. The lowest BCUT2D eigenvalue weighted by atomic mass is 10.4. The van der Waals surface area contributed by atoms with Crippen molar-refractivity contribution in [2.45, 2.75) is 13.5 Å². The Kier molecular flexibility index (Phi) is 3.58. The Bertz CT molecular complexity index is 418. The van der Waals surface area contributed by atoms with Gasteiger partial charge in [0.25, 0.3) is 5.24 Å². The second kappa shape index (κ2) is 5.13. The molecule has 2 rings (SSSR count). The minimum atomic E-state index is -0.215. The van der Waals surface area contributed by atoms with Crippen LogP contribution >= 0.6 is 11.8 Å².